The molecule has 3 aromatic rings. The van der Waals surface area contributed by atoms with Crippen molar-refractivity contribution in [3.8, 4) is 5.75 Å². The van der Waals surface area contributed by atoms with Gasteiger partial charge in [-0.1, -0.05) is 12.1 Å². The minimum atomic E-state index is 0.0177. The molecule has 0 unspecified atom stereocenters. The summed E-state index contributed by atoms with van der Waals surface area (Å²) >= 11 is 0. The van der Waals surface area contributed by atoms with Crippen LogP contribution < -0.4 is 4.74 Å². The van der Waals surface area contributed by atoms with Gasteiger partial charge < -0.3 is 9.64 Å². The Hall–Kier alpha value is -2.89. The van der Waals surface area contributed by atoms with E-state index in [0.717, 1.165) is 36.1 Å². The summed E-state index contributed by atoms with van der Waals surface area (Å²) in [6.07, 6.45) is 3.74. The number of carbonyl (C=O) groups excluding carboxylic acids is 1. The molecule has 0 radical (unpaired) electrons. The van der Waals surface area contributed by atoms with Crippen LogP contribution in [0.1, 0.15) is 34.8 Å². The maximum atomic E-state index is 13.0. The minimum Gasteiger partial charge on any atom is -0.496 e. The summed E-state index contributed by atoms with van der Waals surface area (Å²) in [6.45, 7) is 1.43. The number of para-hydroxylation sites is 1. The number of nitrogens with zero attached hydrogens (tertiary/aromatic N) is 3. The second-order valence-corrected chi connectivity index (χ2v) is 6.30. The summed E-state index contributed by atoms with van der Waals surface area (Å²) in [5, 5.41) is 8.46. The molecule has 6 nitrogen and oxygen atoms in total. The summed E-state index contributed by atoms with van der Waals surface area (Å²) in [5.74, 6) is 0.872. The summed E-state index contributed by atoms with van der Waals surface area (Å²) in [5.41, 5.74) is 2.41. The maximum absolute atomic E-state index is 13.0. The first-order valence-corrected chi connectivity index (χ1v) is 8.49. The zero-order chi connectivity index (χ0) is 17.2. The first kappa shape index (κ1) is 15.6. The number of rotatable bonds is 3. The topological polar surface area (TPSA) is 71.1 Å². The van der Waals surface area contributed by atoms with Gasteiger partial charge in [0.25, 0.3) is 5.91 Å². The lowest BCUT2D eigenvalue weighted by Gasteiger charge is -2.32. The van der Waals surface area contributed by atoms with Gasteiger partial charge in [-0.15, -0.1) is 0 Å². The number of likely N-dealkylation sites (tertiary alicyclic amines) is 1. The van der Waals surface area contributed by atoms with E-state index in [-0.39, 0.29) is 11.8 Å². The molecule has 1 atom stereocenters. The number of hydrogen-bond donors (Lipinski definition) is 1. The van der Waals surface area contributed by atoms with Crippen LogP contribution in [-0.2, 0) is 0 Å². The van der Waals surface area contributed by atoms with E-state index in [1.54, 1.807) is 13.3 Å². The van der Waals surface area contributed by atoms with Gasteiger partial charge in [-0.25, -0.2) is 4.98 Å². The number of carbonyl (C=O) groups is 1. The Balaban J connectivity index is 1.60. The van der Waals surface area contributed by atoms with Crippen molar-refractivity contribution in [1.82, 2.24) is 20.1 Å². The molecule has 25 heavy (non-hydrogen) atoms. The standard InChI is InChI=1S/C19H20N4O2/c1-25-16-9-3-2-7-14(16)19(24)23-11-5-6-13(12-23)17-15-8-4-10-20-18(15)22-21-17/h2-4,7-10,13H,5-6,11-12H2,1H3,(H,20,21,22)/t13-/m0/s1. The fourth-order valence-electron chi connectivity index (χ4n) is 3.57. The van der Waals surface area contributed by atoms with Gasteiger partial charge in [0.2, 0.25) is 0 Å². The summed E-state index contributed by atoms with van der Waals surface area (Å²) in [6, 6.07) is 11.3. The molecule has 1 aliphatic heterocycles. The first-order valence-electron chi connectivity index (χ1n) is 8.49. The molecule has 1 saturated heterocycles. The van der Waals surface area contributed by atoms with Crippen LogP contribution in [0.15, 0.2) is 42.6 Å². The predicted octanol–water partition coefficient (Wildman–Crippen LogP) is 2.99. The van der Waals surface area contributed by atoms with Crippen LogP contribution in [0.5, 0.6) is 5.75 Å². The molecule has 0 bridgehead atoms. The second-order valence-electron chi connectivity index (χ2n) is 6.30. The van der Waals surface area contributed by atoms with E-state index in [2.05, 4.69) is 15.2 Å². The number of benzene rings is 1. The van der Waals surface area contributed by atoms with Gasteiger partial charge in [-0.2, -0.15) is 5.10 Å². The fourth-order valence-corrected chi connectivity index (χ4v) is 3.57. The number of piperidine rings is 1. The predicted molar refractivity (Wildman–Crippen MR) is 94.8 cm³/mol. The van der Waals surface area contributed by atoms with Gasteiger partial charge >= 0.3 is 0 Å². The maximum Gasteiger partial charge on any atom is 0.257 e. The lowest BCUT2D eigenvalue weighted by atomic mass is 9.92. The molecular formula is C19H20N4O2. The zero-order valence-electron chi connectivity index (χ0n) is 14.1. The Bertz CT molecular complexity index is 905. The first-order chi connectivity index (χ1) is 12.3. The van der Waals surface area contributed by atoms with Gasteiger partial charge in [0.15, 0.2) is 5.65 Å². The molecule has 1 amide bonds. The van der Waals surface area contributed by atoms with Crippen LogP contribution in [0.3, 0.4) is 0 Å². The quantitative estimate of drug-likeness (QED) is 0.798. The molecule has 0 spiro atoms. The summed E-state index contributed by atoms with van der Waals surface area (Å²) in [4.78, 5) is 19.2. The number of nitrogens with one attached hydrogen (secondary N) is 1. The van der Waals surface area contributed by atoms with Crippen molar-refractivity contribution >= 4 is 16.9 Å². The van der Waals surface area contributed by atoms with E-state index in [9.17, 15) is 4.79 Å². The van der Waals surface area contributed by atoms with Gasteiger partial charge in [-0.05, 0) is 37.1 Å². The molecule has 1 aromatic carbocycles. The highest BCUT2D eigenvalue weighted by Crippen LogP contribution is 2.31. The summed E-state index contributed by atoms with van der Waals surface area (Å²) in [7, 11) is 1.59. The van der Waals surface area contributed by atoms with Crippen molar-refractivity contribution in [3.05, 3.63) is 53.9 Å². The normalized spacial score (nSPS) is 17.6. The molecule has 1 N–H and O–H groups in total. The molecule has 128 valence electrons. The number of hydrogen-bond acceptors (Lipinski definition) is 4. The van der Waals surface area contributed by atoms with Crippen LogP contribution in [0.4, 0.5) is 0 Å². The van der Waals surface area contributed by atoms with Gasteiger partial charge in [0, 0.05) is 36.3 Å². The van der Waals surface area contributed by atoms with Crippen LogP contribution in [0, 0.1) is 0 Å². The van der Waals surface area contributed by atoms with Gasteiger partial charge in [0.1, 0.15) is 5.75 Å². The highest BCUT2D eigenvalue weighted by molar-refractivity contribution is 5.97. The third kappa shape index (κ3) is 2.84. The van der Waals surface area contributed by atoms with E-state index in [0.29, 0.717) is 17.9 Å². The SMILES string of the molecule is COc1ccccc1C(=O)N1CCC[C@H](c2[nH]nc3ncccc23)C1. The Kier molecular flexibility index (Phi) is 4.09. The number of ether oxygens (including phenoxy) is 1. The average Bonchev–Trinajstić information content (AvgIpc) is 3.11. The fraction of sp³-hybridized carbons (Fsp3) is 0.316. The molecule has 0 saturated carbocycles. The van der Waals surface area contributed by atoms with Crippen LogP contribution in [0.25, 0.3) is 11.0 Å². The lowest BCUT2D eigenvalue weighted by Crippen LogP contribution is -2.39. The van der Waals surface area contributed by atoms with Crippen LogP contribution >= 0.6 is 0 Å². The van der Waals surface area contributed by atoms with Gasteiger partial charge in [-0.3, -0.25) is 9.89 Å². The van der Waals surface area contributed by atoms with Crippen molar-refractivity contribution in [2.75, 3.05) is 20.2 Å². The zero-order valence-corrected chi connectivity index (χ0v) is 14.1. The molecule has 2 aromatic heterocycles. The molecular weight excluding hydrogens is 316 g/mol. The Morgan fingerprint density at radius 1 is 1.28 bits per heavy atom. The number of aromatic amines is 1. The van der Waals surface area contributed by atoms with E-state index in [1.165, 1.54) is 0 Å². The number of amides is 1. The lowest BCUT2D eigenvalue weighted by molar-refractivity contribution is 0.0703. The highest BCUT2D eigenvalue weighted by Gasteiger charge is 2.28. The van der Waals surface area contributed by atoms with Crippen molar-refractivity contribution in [1.29, 1.82) is 0 Å². The third-order valence-corrected chi connectivity index (χ3v) is 4.81. The van der Waals surface area contributed by atoms with Crippen LogP contribution in [-0.4, -0.2) is 46.2 Å². The molecule has 6 heteroatoms. The molecule has 1 aliphatic rings. The number of fused-ring (bicyclic) bond motifs is 1. The number of methoxy groups -OCH3 is 1. The monoisotopic (exact) mass is 336 g/mol. The Morgan fingerprint density at radius 3 is 3.04 bits per heavy atom. The number of pyridine rings is 1. The van der Waals surface area contributed by atoms with Crippen molar-refractivity contribution in [2.45, 2.75) is 18.8 Å². The molecule has 3 heterocycles. The number of H-pyrrole nitrogens is 1. The van der Waals surface area contributed by atoms with Crippen molar-refractivity contribution in [2.24, 2.45) is 0 Å². The second kappa shape index (κ2) is 6.55. The van der Waals surface area contributed by atoms with Crippen molar-refractivity contribution < 1.29 is 9.53 Å². The largest absolute Gasteiger partial charge is 0.496 e. The van der Waals surface area contributed by atoms with Crippen LogP contribution in [0.2, 0.25) is 0 Å². The van der Waals surface area contributed by atoms with E-state index >= 15 is 0 Å². The Labute approximate surface area is 145 Å². The average molecular weight is 336 g/mol. The third-order valence-electron chi connectivity index (χ3n) is 4.81. The highest BCUT2D eigenvalue weighted by atomic mass is 16.5. The molecule has 1 fully saturated rings. The molecule has 4 rings (SSSR count). The number of aromatic nitrogens is 3. The minimum absolute atomic E-state index is 0.0177. The van der Waals surface area contributed by atoms with Crippen molar-refractivity contribution in [3.63, 3.8) is 0 Å². The van der Waals surface area contributed by atoms with E-state index < -0.39 is 0 Å². The van der Waals surface area contributed by atoms with Gasteiger partial charge in [0.05, 0.1) is 12.7 Å². The smallest absolute Gasteiger partial charge is 0.257 e. The van der Waals surface area contributed by atoms with E-state index in [1.807, 2.05) is 41.3 Å². The summed E-state index contributed by atoms with van der Waals surface area (Å²) < 4.78 is 5.34. The Morgan fingerprint density at radius 2 is 2.16 bits per heavy atom. The van der Waals surface area contributed by atoms with E-state index in [4.69, 9.17) is 4.74 Å². The molecule has 0 aliphatic carbocycles.